The van der Waals surface area contributed by atoms with E-state index in [-0.39, 0.29) is 18.0 Å². The first-order valence-corrected chi connectivity index (χ1v) is 6.35. The SMILES string of the molecule is CC(C)(C)OC(=O)N1CC(N2CCNCC2=O)C1. The second-order valence-corrected chi connectivity index (χ2v) is 5.80. The Balaban J connectivity index is 1.79. The van der Waals surface area contributed by atoms with Gasteiger partial charge in [-0.1, -0.05) is 0 Å². The summed E-state index contributed by atoms with van der Waals surface area (Å²) in [5.74, 6) is 0.120. The Bertz CT molecular complexity index is 345. The third-order valence-corrected chi connectivity index (χ3v) is 3.08. The molecule has 6 nitrogen and oxygen atoms in total. The molecule has 2 rings (SSSR count). The topological polar surface area (TPSA) is 61.9 Å². The van der Waals surface area contributed by atoms with Gasteiger partial charge in [-0.05, 0) is 20.8 Å². The Morgan fingerprint density at radius 2 is 2.06 bits per heavy atom. The van der Waals surface area contributed by atoms with E-state index < -0.39 is 5.60 Å². The second-order valence-electron chi connectivity index (χ2n) is 5.80. The Hall–Kier alpha value is -1.30. The minimum absolute atomic E-state index is 0.120. The highest BCUT2D eigenvalue weighted by Crippen LogP contribution is 2.19. The lowest BCUT2D eigenvalue weighted by molar-refractivity contribution is -0.138. The summed E-state index contributed by atoms with van der Waals surface area (Å²) in [5.41, 5.74) is -0.465. The van der Waals surface area contributed by atoms with Gasteiger partial charge in [0.15, 0.2) is 0 Å². The summed E-state index contributed by atoms with van der Waals surface area (Å²) in [6.45, 7) is 8.68. The lowest BCUT2D eigenvalue weighted by Gasteiger charge is -2.46. The summed E-state index contributed by atoms with van der Waals surface area (Å²) in [6.07, 6.45) is -0.290. The van der Waals surface area contributed by atoms with E-state index in [0.29, 0.717) is 19.6 Å². The van der Waals surface area contributed by atoms with E-state index in [4.69, 9.17) is 4.74 Å². The van der Waals surface area contributed by atoms with Gasteiger partial charge < -0.3 is 19.9 Å². The van der Waals surface area contributed by atoms with Crippen molar-refractivity contribution in [1.82, 2.24) is 15.1 Å². The van der Waals surface area contributed by atoms with E-state index in [9.17, 15) is 9.59 Å². The van der Waals surface area contributed by atoms with Crippen molar-refractivity contribution in [2.24, 2.45) is 0 Å². The summed E-state index contributed by atoms with van der Waals surface area (Å²) >= 11 is 0. The number of hydrogen-bond acceptors (Lipinski definition) is 4. The third-order valence-electron chi connectivity index (χ3n) is 3.08. The predicted octanol–water partition coefficient (Wildman–Crippen LogP) is 0.0375. The van der Waals surface area contributed by atoms with Crippen LogP contribution in [0.4, 0.5) is 4.79 Å². The molecule has 6 heteroatoms. The Kier molecular flexibility index (Phi) is 3.47. The zero-order valence-corrected chi connectivity index (χ0v) is 11.2. The summed E-state index contributed by atoms with van der Waals surface area (Å²) in [4.78, 5) is 26.9. The van der Waals surface area contributed by atoms with Crippen molar-refractivity contribution in [2.45, 2.75) is 32.4 Å². The Morgan fingerprint density at radius 3 is 2.61 bits per heavy atom. The van der Waals surface area contributed by atoms with Gasteiger partial charge in [0.25, 0.3) is 0 Å². The maximum absolute atomic E-state index is 11.7. The summed E-state index contributed by atoms with van der Waals surface area (Å²) in [7, 11) is 0. The first-order valence-electron chi connectivity index (χ1n) is 6.35. The highest BCUT2D eigenvalue weighted by atomic mass is 16.6. The lowest BCUT2D eigenvalue weighted by Crippen LogP contribution is -2.65. The van der Waals surface area contributed by atoms with Gasteiger partial charge in [0.05, 0.1) is 12.6 Å². The van der Waals surface area contributed by atoms with E-state index in [1.165, 1.54) is 0 Å². The number of ether oxygens (including phenoxy) is 1. The minimum atomic E-state index is -0.465. The van der Waals surface area contributed by atoms with E-state index in [1.807, 2.05) is 25.7 Å². The molecule has 0 spiro atoms. The second kappa shape index (κ2) is 4.76. The van der Waals surface area contributed by atoms with Crippen LogP contribution in [0.25, 0.3) is 0 Å². The lowest BCUT2D eigenvalue weighted by atomic mass is 10.1. The first-order chi connectivity index (χ1) is 8.37. The minimum Gasteiger partial charge on any atom is -0.444 e. The molecule has 18 heavy (non-hydrogen) atoms. The third kappa shape index (κ3) is 2.93. The first kappa shape index (κ1) is 13.1. The monoisotopic (exact) mass is 255 g/mol. The average molecular weight is 255 g/mol. The van der Waals surface area contributed by atoms with E-state index >= 15 is 0 Å². The van der Waals surface area contributed by atoms with Crippen LogP contribution in [0.2, 0.25) is 0 Å². The quantitative estimate of drug-likeness (QED) is 0.718. The molecular formula is C12H21N3O3. The van der Waals surface area contributed by atoms with Gasteiger partial charge in [0.2, 0.25) is 5.91 Å². The van der Waals surface area contributed by atoms with Crippen molar-refractivity contribution in [1.29, 1.82) is 0 Å². The molecule has 0 aromatic carbocycles. The van der Waals surface area contributed by atoms with Crippen LogP contribution in [0.15, 0.2) is 0 Å². The summed E-state index contributed by atoms with van der Waals surface area (Å²) in [6, 6.07) is 0.159. The molecule has 0 aliphatic carbocycles. The van der Waals surface area contributed by atoms with E-state index in [1.54, 1.807) is 4.90 Å². The summed E-state index contributed by atoms with van der Waals surface area (Å²) < 4.78 is 5.28. The van der Waals surface area contributed by atoms with Crippen molar-refractivity contribution in [3.8, 4) is 0 Å². The number of nitrogens with zero attached hydrogens (tertiary/aromatic N) is 2. The number of hydrogen-bond donors (Lipinski definition) is 1. The normalized spacial score (nSPS) is 21.8. The fourth-order valence-corrected chi connectivity index (χ4v) is 2.14. The van der Waals surface area contributed by atoms with Gasteiger partial charge in [-0.3, -0.25) is 4.79 Å². The van der Waals surface area contributed by atoms with Gasteiger partial charge in [-0.2, -0.15) is 0 Å². The largest absolute Gasteiger partial charge is 0.444 e. The van der Waals surface area contributed by atoms with E-state index in [2.05, 4.69) is 5.32 Å². The van der Waals surface area contributed by atoms with Gasteiger partial charge in [0, 0.05) is 26.2 Å². The molecule has 2 aliphatic heterocycles. The maximum atomic E-state index is 11.7. The molecule has 2 amide bonds. The van der Waals surface area contributed by atoms with Crippen molar-refractivity contribution in [3.05, 3.63) is 0 Å². The van der Waals surface area contributed by atoms with Crippen molar-refractivity contribution in [3.63, 3.8) is 0 Å². The fraction of sp³-hybridized carbons (Fsp3) is 0.833. The number of carbonyl (C=O) groups excluding carboxylic acids is 2. The smallest absolute Gasteiger partial charge is 0.410 e. The number of amides is 2. The van der Waals surface area contributed by atoms with Crippen molar-refractivity contribution < 1.29 is 14.3 Å². The molecule has 1 N–H and O–H groups in total. The predicted molar refractivity (Wildman–Crippen MR) is 66.2 cm³/mol. The van der Waals surface area contributed by atoms with Crippen LogP contribution < -0.4 is 5.32 Å². The number of likely N-dealkylation sites (tertiary alicyclic amines) is 1. The van der Waals surface area contributed by atoms with Gasteiger partial charge >= 0.3 is 6.09 Å². The molecule has 2 saturated heterocycles. The molecular weight excluding hydrogens is 234 g/mol. The maximum Gasteiger partial charge on any atom is 0.410 e. The number of piperazine rings is 1. The van der Waals surface area contributed by atoms with E-state index in [0.717, 1.165) is 13.1 Å². The molecule has 0 bridgehead atoms. The standard InChI is InChI=1S/C12H21N3O3/c1-12(2,3)18-11(17)14-7-9(8-14)15-5-4-13-6-10(15)16/h9,13H,4-8H2,1-3H3. The Labute approximate surface area is 107 Å². The molecule has 2 aliphatic rings. The van der Waals surface area contributed by atoms with Crippen molar-refractivity contribution in [2.75, 3.05) is 32.7 Å². The van der Waals surface area contributed by atoms with Crippen LogP contribution in [-0.4, -0.2) is 66.2 Å². The number of carbonyl (C=O) groups is 2. The molecule has 102 valence electrons. The molecule has 0 saturated carbocycles. The zero-order chi connectivity index (χ0) is 13.3. The van der Waals surface area contributed by atoms with Crippen molar-refractivity contribution >= 4 is 12.0 Å². The Morgan fingerprint density at radius 1 is 1.39 bits per heavy atom. The van der Waals surface area contributed by atoms with Gasteiger partial charge in [-0.15, -0.1) is 0 Å². The number of nitrogens with one attached hydrogen (secondary N) is 1. The van der Waals surface area contributed by atoms with Crippen LogP contribution >= 0.6 is 0 Å². The van der Waals surface area contributed by atoms with Crippen LogP contribution in [0.3, 0.4) is 0 Å². The highest BCUT2D eigenvalue weighted by molar-refractivity contribution is 5.80. The molecule has 0 unspecified atom stereocenters. The van der Waals surface area contributed by atoms with Gasteiger partial charge in [-0.25, -0.2) is 4.79 Å². The van der Waals surface area contributed by atoms with Gasteiger partial charge in [0.1, 0.15) is 5.60 Å². The molecule has 2 fully saturated rings. The fourth-order valence-electron chi connectivity index (χ4n) is 2.14. The molecule has 0 aromatic rings. The summed E-state index contributed by atoms with van der Waals surface area (Å²) in [5, 5.41) is 3.04. The van der Waals surface area contributed by atoms with Crippen LogP contribution in [0.1, 0.15) is 20.8 Å². The molecule has 0 aromatic heterocycles. The van der Waals surface area contributed by atoms with Crippen LogP contribution in [-0.2, 0) is 9.53 Å². The molecule has 0 atom stereocenters. The molecule has 2 heterocycles. The highest BCUT2D eigenvalue weighted by Gasteiger charge is 2.39. The molecule has 0 radical (unpaired) electrons. The number of rotatable bonds is 1. The average Bonchev–Trinajstić information content (AvgIpc) is 2.15. The zero-order valence-electron chi connectivity index (χ0n) is 11.2. The van der Waals surface area contributed by atoms with Crippen LogP contribution in [0.5, 0.6) is 0 Å². The van der Waals surface area contributed by atoms with Crippen LogP contribution in [0, 0.1) is 0 Å².